The van der Waals surface area contributed by atoms with Crippen molar-refractivity contribution in [1.29, 1.82) is 0 Å². The number of hydrogen-bond acceptors (Lipinski definition) is 8. The summed E-state index contributed by atoms with van der Waals surface area (Å²) in [6.07, 6.45) is 5.53. The van der Waals surface area contributed by atoms with E-state index < -0.39 is 12.0 Å². The molecule has 0 saturated heterocycles. The molecule has 178 valence electrons. The lowest BCUT2D eigenvalue weighted by molar-refractivity contribution is -0.187. The lowest BCUT2D eigenvalue weighted by Gasteiger charge is -2.16. The number of amides is 1. The normalized spacial score (nSPS) is 13.5. The van der Waals surface area contributed by atoms with E-state index in [1.54, 1.807) is 23.7 Å². The van der Waals surface area contributed by atoms with Crippen LogP contribution in [0.2, 0.25) is 0 Å². The molecule has 4 aromatic rings. The predicted molar refractivity (Wildman–Crippen MR) is 125 cm³/mol. The van der Waals surface area contributed by atoms with Crippen LogP contribution in [0, 0.1) is 0 Å². The minimum atomic E-state index is -4.07. The highest BCUT2D eigenvalue weighted by molar-refractivity contribution is 7.13. The zero-order valence-corrected chi connectivity index (χ0v) is 18.9. The van der Waals surface area contributed by atoms with E-state index in [0.717, 1.165) is 35.4 Å². The van der Waals surface area contributed by atoms with Crippen molar-refractivity contribution in [2.75, 3.05) is 5.32 Å². The number of carbonyl (C=O) groups is 1. The van der Waals surface area contributed by atoms with Gasteiger partial charge in [0.2, 0.25) is 5.88 Å². The molecule has 0 radical (unpaired) electrons. The van der Waals surface area contributed by atoms with E-state index >= 15 is 0 Å². The zero-order valence-electron chi connectivity index (χ0n) is 18.1. The molecule has 0 spiro atoms. The molecule has 0 saturated carbocycles. The monoisotopic (exact) mass is 496 g/mol. The highest BCUT2D eigenvalue weighted by atomic mass is 32.1. The second-order valence-electron chi connectivity index (χ2n) is 7.45. The molecule has 1 aliphatic carbocycles. The molecule has 1 aliphatic rings. The van der Waals surface area contributed by atoms with Crippen LogP contribution in [0.25, 0.3) is 16.7 Å². The lowest BCUT2D eigenvalue weighted by Crippen LogP contribution is -2.39. The van der Waals surface area contributed by atoms with Crippen LogP contribution in [0.5, 0.6) is 11.6 Å². The average Bonchev–Trinajstić information content (AvgIpc) is 3.47. The van der Waals surface area contributed by atoms with Crippen LogP contribution in [-0.2, 0) is 11.4 Å². The second-order valence-corrected chi connectivity index (χ2v) is 8.31. The first-order valence-electron chi connectivity index (χ1n) is 10.6. The molecule has 3 heterocycles. The summed E-state index contributed by atoms with van der Waals surface area (Å²) in [6, 6.07) is 9.11. The highest BCUT2D eigenvalue weighted by Gasteiger charge is 2.42. The minimum Gasteiger partial charge on any atom is -0.472 e. The predicted octanol–water partition coefficient (Wildman–Crippen LogP) is 4.66. The summed E-state index contributed by atoms with van der Waals surface area (Å²) >= 11 is 0.999. The van der Waals surface area contributed by atoms with Gasteiger partial charge in [-0.1, -0.05) is 30.4 Å². The Bertz CT molecular complexity index is 1420. The van der Waals surface area contributed by atoms with Gasteiger partial charge in [0.1, 0.15) is 17.9 Å². The number of para-hydroxylation sites is 1. The molecule has 5 rings (SSSR count). The fourth-order valence-electron chi connectivity index (χ4n) is 3.42. The van der Waals surface area contributed by atoms with Crippen LogP contribution in [0.1, 0.15) is 18.5 Å². The maximum Gasteiger partial charge on any atom is 0.482 e. The molecule has 1 aromatic carbocycles. The summed E-state index contributed by atoms with van der Waals surface area (Å²) in [5, 5.41) is 15.3. The fourth-order valence-corrected chi connectivity index (χ4v) is 4.11. The maximum absolute atomic E-state index is 14.2. The van der Waals surface area contributed by atoms with Crippen molar-refractivity contribution in [3.63, 3.8) is 0 Å². The van der Waals surface area contributed by atoms with Crippen LogP contribution in [-0.4, -0.2) is 37.0 Å². The van der Waals surface area contributed by atoms with E-state index in [1.807, 2.05) is 10.6 Å². The zero-order chi connectivity index (χ0) is 24.3. The van der Waals surface area contributed by atoms with Crippen molar-refractivity contribution in [3.05, 3.63) is 71.9 Å². The van der Waals surface area contributed by atoms with Crippen molar-refractivity contribution in [3.8, 4) is 11.6 Å². The van der Waals surface area contributed by atoms with Crippen molar-refractivity contribution >= 4 is 39.1 Å². The fraction of sp³-hybridized carbons (Fsp3) is 0.174. The molecule has 35 heavy (non-hydrogen) atoms. The SMILES string of the molecule is O=C(Nc1nc(COc2cc3nnncc3n2C2=CCCC=C2)cs1)C(F)(F)Oc1ccccc1. The summed E-state index contributed by atoms with van der Waals surface area (Å²) in [7, 11) is 0. The van der Waals surface area contributed by atoms with E-state index in [2.05, 4.69) is 42.6 Å². The molecular formula is C23H18F2N6O3S. The van der Waals surface area contributed by atoms with Gasteiger partial charge in [0, 0.05) is 17.1 Å². The molecule has 9 nitrogen and oxygen atoms in total. The summed E-state index contributed by atoms with van der Waals surface area (Å²) in [4.78, 5) is 16.2. The Labute approximate surface area is 201 Å². The first-order chi connectivity index (χ1) is 17.0. The number of thiazole rings is 1. The topological polar surface area (TPSA) is 104 Å². The Kier molecular flexibility index (Phi) is 6.19. The number of nitrogens with one attached hydrogen (secondary N) is 1. The molecular weight excluding hydrogens is 478 g/mol. The Balaban J connectivity index is 1.27. The molecule has 1 N–H and O–H groups in total. The molecule has 1 amide bonds. The van der Waals surface area contributed by atoms with Crippen molar-refractivity contribution in [2.45, 2.75) is 25.6 Å². The Morgan fingerprint density at radius 2 is 2.09 bits per heavy atom. The average molecular weight is 496 g/mol. The van der Waals surface area contributed by atoms with Gasteiger partial charge in [0.15, 0.2) is 5.13 Å². The van der Waals surface area contributed by atoms with E-state index in [4.69, 9.17) is 4.74 Å². The Morgan fingerprint density at radius 3 is 2.89 bits per heavy atom. The number of carbonyl (C=O) groups excluding carboxylic acids is 1. The smallest absolute Gasteiger partial charge is 0.472 e. The quantitative estimate of drug-likeness (QED) is 0.378. The number of fused-ring (bicyclic) bond motifs is 1. The first kappa shape index (κ1) is 22.6. The first-order valence-corrected chi connectivity index (χ1v) is 11.4. The molecule has 0 atom stereocenters. The van der Waals surface area contributed by atoms with Crippen LogP contribution >= 0.6 is 11.3 Å². The number of aromatic nitrogens is 5. The maximum atomic E-state index is 14.2. The molecule has 0 bridgehead atoms. The Hall–Kier alpha value is -4.19. The third kappa shape index (κ3) is 5.01. The molecule has 0 aliphatic heterocycles. The van der Waals surface area contributed by atoms with Crippen molar-refractivity contribution in [1.82, 2.24) is 25.0 Å². The number of allylic oxidation sites excluding steroid dienone is 4. The van der Waals surface area contributed by atoms with Gasteiger partial charge in [0.05, 0.1) is 17.4 Å². The van der Waals surface area contributed by atoms with Crippen molar-refractivity contribution < 1.29 is 23.0 Å². The van der Waals surface area contributed by atoms with Gasteiger partial charge < -0.3 is 9.47 Å². The number of alkyl halides is 2. The number of benzene rings is 1. The molecule has 12 heteroatoms. The van der Waals surface area contributed by atoms with Gasteiger partial charge in [-0.3, -0.25) is 14.7 Å². The van der Waals surface area contributed by atoms with Crippen LogP contribution in [0.4, 0.5) is 13.9 Å². The van der Waals surface area contributed by atoms with Gasteiger partial charge in [0.25, 0.3) is 0 Å². The summed E-state index contributed by atoms with van der Waals surface area (Å²) in [5.74, 6) is -1.24. The minimum absolute atomic E-state index is 0.00142. The van der Waals surface area contributed by atoms with Gasteiger partial charge in [-0.05, 0) is 36.3 Å². The number of hydrogen-bond donors (Lipinski definition) is 1. The largest absolute Gasteiger partial charge is 0.482 e. The second kappa shape index (κ2) is 9.58. The van der Waals surface area contributed by atoms with Crippen molar-refractivity contribution in [2.24, 2.45) is 0 Å². The van der Waals surface area contributed by atoms with Crippen LogP contribution in [0.15, 0.2) is 66.2 Å². The number of ether oxygens (including phenoxy) is 2. The standard InChI is InChI=1S/C23H18F2N6O3S/c24-23(25,34-17-9-5-2-6-10-17)21(32)28-22-27-15(14-35-22)13-33-20-11-18-19(12-26-30-29-18)31(20)16-7-3-1-4-8-16/h2-3,5-12,14H,1,4,13H2,(H,27,28,32). The third-order valence-electron chi connectivity index (χ3n) is 5.00. The van der Waals surface area contributed by atoms with E-state index in [0.29, 0.717) is 17.1 Å². The number of anilines is 1. The summed E-state index contributed by atoms with van der Waals surface area (Å²) < 4.78 is 40.7. The number of halogens is 2. The third-order valence-corrected chi connectivity index (χ3v) is 5.80. The van der Waals surface area contributed by atoms with Gasteiger partial charge >= 0.3 is 12.0 Å². The Morgan fingerprint density at radius 1 is 1.23 bits per heavy atom. The van der Waals surface area contributed by atoms with Gasteiger partial charge in [-0.2, -0.15) is 8.78 Å². The van der Waals surface area contributed by atoms with Crippen LogP contribution in [0.3, 0.4) is 0 Å². The summed E-state index contributed by atoms with van der Waals surface area (Å²) in [6.45, 7) is 0.0391. The molecule has 3 aromatic heterocycles. The van der Waals surface area contributed by atoms with Gasteiger partial charge in [-0.15, -0.1) is 21.5 Å². The summed E-state index contributed by atoms with van der Waals surface area (Å²) in [5.41, 5.74) is 2.72. The van der Waals surface area contributed by atoms with Crippen LogP contribution < -0.4 is 14.8 Å². The van der Waals surface area contributed by atoms with E-state index in [1.165, 1.54) is 24.3 Å². The highest BCUT2D eigenvalue weighted by Crippen LogP contribution is 2.31. The number of nitrogens with zero attached hydrogens (tertiary/aromatic N) is 5. The molecule has 0 fully saturated rings. The van der Waals surface area contributed by atoms with E-state index in [9.17, 15) is 13.6 Å². The van der Waals surface area contributed by atoms with Gasteiger partial charge in [-0.25, -0.2) is 4.98 Å². The van der Waals surface area contributed by atoms with E-state index in [-0.39, 0.29) is 17.5 Å². The lowest BCUT2D eigenvalue weighted by atomic mass is 10.1. The number of rotatable bonds is 8. The molecule has 0 unspecified atom stereocenters.